The van der Waals surface area contributed by atoms with Crippen molar-refractivity contribution in [3.8, 4) is 0 Å². The van der Waals surface area contributed by atoms with E-state index in [-0.39, 0.29) is 43.5 Å². The number of nitrogens with one attached hydrogen (secondary N) is 1. The van der Waals surface area contributed by atoms with E-state index >= 15 is 0 Å². The Kier molecular flexibility index (Phi) is 4.80. The minimum Gasteiger partial charge on any atom is -0.397 e. The average Bonchev–Trinajstić information content (AvgIpc) is 2.74. The van der Waals surface area contributed by atoms with Crippen LogP contribution in [0, 0.1) is 0 Å². The zero-order chi connectivity index (χ0) is 15.4. The van der Waals surface area contributed by atoms with Crippen LogP contribution in [0.3, 0.4) is 0 Å². The van der Waals surface area contributed by atoms with Crippen LogP contribution in [0.5, 0.6) is 0 Å². The molecule has 7 heteroatoms. The van der Waals surface area contributed by atoms with Gasteiger partial charge in [-0.15, -0.1) is 0 Å². The van der Waals surface area contributed by atoms with E-state index < -0.39 is 0 Å². The first-order valence-electron chi connectivity index (χ1n) is 6.65. The first kappa shape index (κ1) is 15.3. The number of amides is 3. The largest absolute Gasteiger partial charge is 0.397 e. The van der Waals surface area contributed by atoms with Crippen LogP contribution in [-0.2, 0) is 14.4 Å². The molecule has 112 valence electrons. The molecule has 1 aromatic rings. The van der Waals surface area contributed by atoms with Gasteiger partial charge in [-0.2, -0.15) is 0 Å². The molecule has 0 saturated carbocycles. The summed E-state index contributed by atoms with van der Waals surface area (Å²) in [7, 11) is 0. The number of halogens is 1. The third-order valence-electron chi connectivity index (χ3n) is 3.23. The lowest BCUT2D eigenvalue weighted by Crippen LogP contribution is -2.30. The van der Waals surface area contributed by atoms with Gasteiger partial charge in [-0.3, -0.25) is 19.3 Å². The summed E-state index contributed by atoms with van der Waals surface area (Å²) in [5, 5.41) is 3.14. The number of nitrogens with zero attached hydrogens (tertiary/aromatic N) is 1. The van der Waals surface area contributed by atoms with Crippen LogP contribution >= 0.6 is 11.6 Å². The van der Waals surface area contributed by atoms with Crippen molar-refractivity contribution in [2.45, 2.75) is 25.7 Å². The van der Waals surface area contributed by atoms with Crippen LogP contribution in [0.4, 0.5) is 11.4 Å². The Morgan fingerprint density at radius 3 is 2.62 bits per heavy atom. The molecule has 0 spiro atoms. The van der Waals surface area contributed by atoms with Gasteiger partial charge in [-0.05, 0) is 24.6 Å². The summed E-state index contributed by atoms with van der Waals surface area (Å²) in [5.41, 5.74) is 6.62. The fourth-order valence-electron chi connectivity index (χ4n) is 2.12. The summed E-state index contributed by atoms with van der Waals surface area (Å²) in [6.07, 6.45) is 1.15. The van der Waals surface area contributed by atoms with Crippen LogP contribution in [0.1, 0.15) is 25.7 Å². The molecule has 0 radical (unpaired) electrons. The maximum absolute atomic E-state index is 11.8. The monoisotopic (exact) mass is 309 g/mol. The second kappa shape index (κ2) is 6.58. The van der Waals surface area contributed by atoms with Gasteiger partial charge in [0.2, 0.25) is 17.7 Å². The molecule has 1 heterocycles. The minimum absolute atomic E-state index is 0.167. The fraction of sp³-hybridized carbons (Fsp3) is 0.357. The van der Waals surface area contributed by atoms with E-state index in [1.807, 2.05) is 0 Å². The molecule has 1 saturated heterocycles. The van der Waals surface area contributed by atoms with E-state index in [0.717, 1.165) is 0 Å². The molecule has 1 aliphatic heterocycles. The van der Waals surface area contributed by atoms with Crippen molar-refractivity contribution in [2.75, 3.05) is 17.6 Å². The van der Waals surface area contributed by atoms with E-state index in [2.05, 4.69) is 5.32 Å². The predicted octanol–water partition coefficient (Wildman–Crippen LogP) is 1.79. The van der Waals surface area contributed by atoms with Gasteiger partial charge in [0.15, 0.2) is 0 Å². The van der Waals surface area contributed by atoms with E-state index in [4.69, 9.17) is 17.3 Å². The Balaban J connectivity index is 1.81. The van der Waals surface area contributed by atoms with Crippen LogP contribution in [0.2, 0.25) is 5.02 Å². The molecule has 2 rings (SSSR count). The minimum atomic E-state index is -0.233. The molecule has 1 aromatic carbocycles. The summed E-state index contributed by atoms with van der Waals surface area (Å²) in [5.74, 6) is -0.568. The Morgan fingerprint density at radius 1 is 1.29 bits per heavy atom. The predicted molar refractivity (Wildman–Crippen MR) is 79.7 cm³/mol. The number of rotatable bonds is 5. The number of imide groups is 1. The van der Waals surface area contributed by atoms with Crippen molar-refractivity contribution < 1.29 is 14.4 Å². The zero-order valence-corrected chi connectivity index (χ0v) is 12.2. The molecule has 0 unspecified atom stereocenters. The van der Waals surface area contributed by atoms with Crippen molar-refractivity contribution in [3.63, 3.8) is 0 Å². The Morgan fingerprint density at radius 2 is 1.95 bits per heavy atom. The van der Waals surface area contributed by atoms with Gasteiger partial charge in [0.05, 0.1) is 11.4 Å². The Bertz CT molecular complexity index is 573. The number of anilines is 2. The van der Waals surface area contributed by atoms with Gasteiger partial charge in [0, 0.05) is 30.8 Å². The number of carbonyl (C=O) groups is 3. The Hall–Kier alpha value is -2.08. The molecule has 0 bridgehead atoms. The molecule has 3 N–H and O–H groups in total. The number of carbonyl (C=O) groups excluding carboxylic acids is 3. The lowest BCUT2D eigenvalue weighted by atomic mass is 10.2. The summed E-state index contributed by atoms with van der Waals surface area (Å²) >= 11 is 5.83. The topological polar surface area (TPSA) is 92.5 Å². The molecule has 1 aliphatic rings. The normalized spacial score (nSPS) is 14.6. The third-order valence-corrected chi connectivity index (χ3v) is 3.46. The van der Waals surface area contributed by atoms with Crippen molar-refractivity contribution in [1.29, 1.82) is 0 Å². The Labute approximate surface area is 127 Å². The fourth-order valence-corrected chi connectivity index (χ4v) is 2.29. The number of nitrogen functional groups attached to an aromatic ring is 1. The lowest BCUT2D eigenvalue weighted by molar-refractivity contribution is -0.138. The lowest BCUT2D eigenvalue weighted by Gasteiger charge is -2.13. The third kappa shape index (κ3) is 3.95. The second-order valence-electron chi connectivity index (χ2n) is 4.82. The van der Waals surface area contributed by atoms with E-state index in [9.17, 15) is 14.4 Å². The summed E-state index contributed by atoms with van der Waals surface area (Å²) < 4.78 is 0. The molecule has 0 aliphatic carbocycles. The summed E-state index contributed by atoms with van der Waals surface area (Å²) in [6, 6.07) is 4.82. The van der Waals surface area contributed by atoms with Gasteiger partial charge in [0.25, 0.3) is 0 Å². The molecule has 0 aromatic heterocycles. The zero-order valence-electron chi connectivity index (χ0n) is 11.4. The van der Waals surface area contributed by atoms with Crippen molar-refractivity contribution in [2.24, 2.45) is 0 Å². The highest BCUT2D eigenvalue weighted by atomic mass is 35.5. The van der Waals surface area contributed by atoms with Gasteiger partial charge in [-0.25, -0.2) is 0 Å². The quantitative estimate of drug-likeness (QED) is 0.640. The van der Waals surface area contributed by atoms with Crippen LogP contribution in [0.25, 0.3) is 0 Å². The van der Waals surface area contributed by atoms with E-state index in [0.29, 0.717) is 22.8 Å². The molecular formula is C14H16ClN3O3. The van der Waals surface area contributed by atoms with Gasteiger partial charge < -0.3 is 11.1 Å². The SMILES string of the molecule is Nc1ccc(Cl)cc1NC(=O)CCCN1C(=O)CCC1=O. The number of benzene rings is 1. The molecule has 21 heavy (non-hydrogen) atoms. The van der Waals surface area contributed by atoms with Crippen molar-refractivity contribution in [3.05, 3.63) is 23.2 Å². The molecule has 6 nitrogen and oxygen atoms in total. The highest BCUT2D eigenvalue weighted by molar-refractivity contribution is 6.31. The van der Waals surface area contributed by atoms with Gasteiger partial charge in [0.1, 0.15) is 0 Å². The smallest absolute Gasteiger partial charge is 0.229 e. The summed E-state index contributed by atoms with van der Waals surface area (Å²) in [4.78, 5) is 35.8. The van der Waals surface area contributed by atoms with E-state index in [1.165, 1.54) is 4.90 Å². The number of hydrogen-bond donors (Lipinski definition) is 2. The van der Waals surface area contributed by atoms with E-state index in [1.54, 1.807) is 18.2 Å². The highest BCUT2D eigenvalue weighted by Crippen LogP contribution is 2.23. The van der Waals surface area contributed by atoms with Gasteiger partial charge in [-0.1, -0.05) is 11.6 Å². The average molecular weight is 310 g/mol. The van der Waals surface area contributed by atoms with Crippen molar-refractivity contribution in [1.82, 2.24) is 4.90 Å². The standard InChI is InChI=1S/C14H16ClN3O3/c15-9-3-4-10(16)11(8-9)17-12(19)2-1-7-18-13(20)5-6-14(18)21/h3-4,8H,1-2,5-7,16H2,(H,17,19). The molecule has 3 amide bonds. The number of nitrogens with two attached hydrogens (primary N) is 1. The molecular weight excluding hydrogens is 294 g/mol. The number of likely N-dealkylation sites (tertiary alicyclic amines) is 1. The first-order valence-corrected chi connectivity index (χ1v) is 7.03. The number of hydrogen-bond acceptors (Lipinski definition) is 4. The molecule has 0 atom stereocenters. The highest BCUT2D eigenvalue weighted by Gasteiger charge is 2.28. The van der Waals surface area contributed by atoms with Crippen LogP contribution < -0.4 is 11.1 Å². The van der Waals surface area contributed by atoms with Crippen LogP contribution in [0.15, 0.2) is 18.2 Å². The van der Waals surface area contributed by atoms with Crippen LogP contribution in [-0.4, -0.2) is 29.2 Å². The van der Waals surface area contributed by atoms with Crippen molar-refractivity contribution >= 4 is 40.7 Å². The second-order valence-corrected chi connectivity index (χ2v) is 5.26. The maximum atomic E-state index is 11.8. The van der Waals surface area contributed by atoms with Gasteiger partial charge >= 0.3 is 0 Å². The maximum Gasteiger partial charge on any atom is 0.229 e. The first-order chi connectivity index (χ1) is 9.97. The molecule has 1 fully saturated rings. The summed E-state index contributed by atoms with van der Waals surface area (Å²) in [6.45, 7) is 0.274.